The molecule has 5 heteroatoms. The van der Waals surface area contributed by atoms with Crippen LogP contribution >= 0.6 is 0 Å². The van der Waals surface area contributed by atoms with E-state index in [0.717, 1.165) is 18.7 Å². The van der Waals surface area contributed by atoms with Crippen LogP contribution in [0.25, 0.3) is 0 Å². The predicted molar refractivity (Wildman–Crippen MR) is 65.6 cm³/mol. The molecule has 0 saturated carbocycles. The molecule has 1 aromatic rings. The van der Waals surface area contributed by atoms with E-state index in [1.807, 2.05) is 19.1 Å². The van der Waals surface area contributed by atoms with Crippen LogP contribution < -0.4 is 5.32 Å². The molecule has 0 fully saturated rings. The second kappa shape index (κ2) is 6.23. The van der Waals surface area contributed by atoms with E-state index in [4.69, 9.17) is 5.26 Å². The average Bonchev–Trinajstić information content (AvgIpc) is 2.29. The highest BCUT2D eigenvalue weighted by molar-refractivity contribution is 7.84. The molecule has 0 saturated heterocycles. The molecule has 86 valence electrons. The molecule has 1 N–H and O–H groups in total. The fraction of sp³-hybridized carbons (Fsp3) is 0.455. The van der Waals surface area contributed by atoms with Crippen molar-refractivity contribution >= 4 is 16.5 Å². The van der Waals surface area contributed by atoms with Crippen LogP contribution in [0, 0.1) is 11.3 Å². The summed E-state index contributed by atoms with van der Waals surface area (Å²) in [6, 6.07) is 5.50. The molecule has 1 aromatic heterocycles. The Hall–Kier alpha value is -1.41. The van der Waals surface area contributed by atoms with Crippen molar-refractivity contribution in [3.8, 4) is 6.07 Å². The molecule has 2 unspecified atom stereocenters. The first-order chi connectivity index (χ1) is 7.63. The molecule has 2 atom stereocenters. The number of hydrogen-bond donors (Lipinski definition) is 1. The van der Waals surface area contributed by atoms with Crippen molar-refractivity contribution in [3.05, 3.63) is 24.0 Å². The lowest BCUT2D eigenvalue weighted by molar-refractivity contribution is 0.672. The van der Waals surface area contributed by atoms with Crippen LogP contribution in [0.15, 0.2) is 18.3 Å². The van der Waals surface area contributed by atoms with Crippen molar-refractivity contribution < 1.29 is 4.21 Å². The number of rotatable bonds is 5. The highest BCUT2D eigenvalue weighted by atomic mass is 32.2. The molecular weight excluding hydrogens is 222 g/mol. The standard InChI is InChI=1S/C11H15N3OS/c1-9(16(2)15)3-5-13-10-4-6-14-11(7-10)8-12/h4,6-7,9H,3,5H2,1-2H3,(H,13,14). The van der Waals surface area contributed by atoms with Crippen molar-refractivity contribution in [1.29, 1.82) is 5.26 Å². The summed E-state index contributed by atoms with van der Waals surface area (Å²) in [5.74, 6) is 0. The molecule has 0 bridgehead atoms. The topological polar surface area (TPSA) is 65.8 Å². The van der Waals surface area contributed by atoms with Crippen molar-refractivity contribution in [2.75, 3.05) is 18.1 Å². The molecule has 0 aliphatic rings. The van der Waals surface area contributed by atoms with Gasteiger partial charge in [-0.1, -0.05) is 6.92 Å². The predicted octanol–water partition coefficient (Wildman–Crippen LogP) is 1.52. The summed E-state index contributed by atoms with van der Waals surface area (Å²) in [7, 11) is -0.779. The molecule has 1 rings (SSSR count). The molecular formula is C11H15N3OS. The van der Waals surface area contributed by atoms with Crippen molar-refractivity contribution in [2.24, 2.45) is 0 Å². The number of pyridine rings is 1. The quantitative estimate of drug-likeness (QED) is 0.843. The van der Waals surface area contributed by atoms with Crippen LogP contribution in [0.5, 0.6) is 0 Å². The maximum Gasteiger partial charge on any atom is 0.142 e. The van der Waals surface area contributed by atoms with E-state index in [-0.39, 0.29) is 5.25 Å². The Kier molecular flexibility index (Phi) is 4.93. The van der Waals surface area contributed by atoms with Gasteiger partial charge in [-0.25, -0.2) is 4.98 Å². The van der Waals surface area contributed by atoms with E-state index >= 15 is 0 Å². The molecule has 0 amide bonds. The minimum atomic E-state index is -0.779. The van der Waals surface area contributed by atoms with Gasteiger partial charge in [0, 0.05) is 40.7 Å². The number of hydrogen-bond acceptors (Lipinski definition) is 4. The van der Waals surface area contributed by atoms with Crippen LogP contribution in [-0.4, -0.2) is 27.2 Å². The fourth-order valence-corrected chi connectivity index (χ4v) is 1.64. The molecule has 1 heterocycles. The van der Waals surface area contributed by atoms with Gasteiger partial charge in [-0.05, 0) is 18.6 Å². The molecule has 0 aliphatic carbocycles. The fourth-order valence-electron chi connectivity index (χ4n) is 1.19. The Bertz CT molecular complexity index is 414. The summed E-state index contributed by atoms with van der Waals surface area (Å²) in [5.41, 5.74) is 1.28. The first-order valence-electron chi connectivity index (χ1n) is 5.05. The Balaban J connectivity index is 2.43. The number of nitriles is 1. The van der Waals surface area contributed by atoms with Gasteiger partial charge in [-0.15, -0.1) is 0 Å². The van der Waals surface area contributed by atoms with Gasteiger partial charge in [-0.3, -0.25) is 4.21 Å². The molecule has 4 nitrogen and oxygen atoms in total. The smallest absolute Gasteiger partial charge is 0.142 e. The second-order valence-corrected chi connectivity index (χ2v) is 5.37. The lowest BCUT2D eigenvalue weighted by atomic mass is 10.3. The van der Waals surface area contributed by atoms with Gasteiger partial charge in [-0.2, -0.15) is 5.26 Å². The van der Waals surface area contributed by atoms with Crippen LogP contribution in [0.1, 0.15) is 19.0 Å². The van der Waals surface area contributed by atoms with Gasteiger partial charge in [0.05, 0.1) is 0 Å². The minimum absolute atomic E-state index is 0.185. The summed E-state index contributed by atoms with van der Waals surface area (Å²) in [6.45, 7) is 2.71. The van der Waals surface area contributed by atoms with E-state index in [2.05, 4.69) is 10.3 Å². The lowest BCUT2D eigenvalue weighted by Gasteiger charge is -2.10. The van der Waals surface area contributed by atoms with Gasteiger partial charge in [0.1, 0.15) is 11.8 Å². The average molecular weight is 237 g/mol. The zero-order chi connectivity index (χ0) is 12.0. The summed E-state index contributed by atoms with van der Waals surface area (Å²) >= 11 is 0. The third-order valence-electron chi connectivity index (χ3n) is 2.32. The summed E-state index contributed by atoms with van der Waals surface area (Å²) in [5, 5.41) is 12.0. The zero-order valence-electron chi connectivity index (χ0n) is 9.43. The SMILES string of the molecule is CC(CCNc1ccnc(C#N)c1)S(C)=O. The van der Waals surface area contributed by atoms with E-state index in [1.165, 1.54) is 0 Å². The van der Waals surface area contributed by atoms with Crippen LogP contribution in [0.3, 0.4) is 0 Å². The Morgan fingerprint density at radius 2 is 2.44 bits per heavy atom. The molecule has 16 heavy (non-hydrogen) atoms. The Morgan fingerprint density at radius 3 is 3.06 bits per heavy atom. The van der Waals surface area contributed by atoms with Crippen LogP contribution in [-0.2, 0) is 10.8 Å². The first-order valence-corrected chi connectivity index (χ1v) is 6.68. The summed E-state index contributed by atoms with van der Waals surface area (Å²) in [6.07, 6.45) is 4.15. The maximum absolute atomic E-state index is 11.1. The summed E-state index contributed by atoms with van der Waals surface area (Å²) < 4.78 is 11.1. The molecule has 0 spiro atoms. The van der Waals surface area contributed by atoms with E-state index < -0.39 is 10.8 Å². The molecule has 0 aromatic carbocycles. The van der Waals surface area contributed by atoms with Gasteiger partial charge < -0.3 is 5.32 Å². The molecule has 0 radical (unpaired) electrons. The second-order valence-electron chi connectivity index (χ2n) is 3.57. The summed E-state index contributed by atoms with van der Waals surface area (Å²) in [4.78, 5) is 3.88. The van der Waals surface area contributed by atoms with Crippen molar-refractivity contribution in [1.82, 2.24) is 4.98 Å². The number of aromatic nitrogens is 1. The van der Waals surface area contributed by atoms with E-state index in [0.29, 0.717) is 5.69 Å². The monoisotopic (exact) mass is 237 g/mol. The lowest BCUT2D eigenvalue weighted by Crippen LogP contribution is -2.14. The number of nitrogens with zero attached hydrogens (tertiary/aromatic N) is 2. The number of nitrogens with one attached hydrogen (secondary N) is 1. The zero-order valence-corrected chi connectivity index (χ0v) is 10.3. The van der Waals surface area contributed by atoms with Crippen LogP contribution in [0.2, 0.25) is 0 Å². The third kappa shape index (κ3) is 3.99. The Morgan fingerprint density at radius 1 is 1.69 bits per heavy atom. The van der Waals surface area contributed by atoms with E-state index in [9.17, 15) is 4.21 Å². The highest BCUT2D eigenvalue weighted by Crippen LogP contribution is 2.08. The highest BCUT2D eigenvalue weighted by Gasteiger charge is 2.05. The van der Waals surface area contributed by atoms with Gasteiger partial charge in [0.15, 0.2) is 0 Å². The maximum atomic E-state index is 11.1. The van der Waals surface area contributed by atoms with Gasteiger partial charge in [0.25, 0.3) is 0 Å². The largest absolute Gasteiger partial charge is 0.385 e. The van der Waals surface area contributed by atoms with Crippen molar-refractivity contribution in [2.45, 2.75) is 18.6 Å². The van der Waals surface area contributed by atoms with E-state index in [1.54, 1.807) is 18.5 Å². The number of anilines is 1. The third-order valence-corrected chi connectivity index (χ3v) is 3.69. The van der Waals surface area contributed by atoms with Gasteiger partial charge >= 0.3 is 0 Å². The van der Waals surface area contributed by atoms with Crippen molar-refractivity contribution in [3.63, 3.8) is 0 Å². The van der Waals surface area contributed by atoms with Crippen LogP contribution in [0.4, 0.5) is 5.69 Å². The molecule has 0 aliphatic heterocycles. The Labute approximate surface area is 98.2 Å². The minimum Gasteiger partial charge on any atom is -0.385 e. The normalized spacial score (nSPS) is 13.8. The first kappa shape index (κ1) is 12.7. The van der Waals surface area contributed by atoms with Gasteiger partial charge in [0.2, 0.25) is 0 Å².